The van der Waals surface area contributed by atoms with E-state index in [2.05, 4.69) is 46.0 Å². The van der Waals surface area contributed by atoms with Crippen LogP contribution in [0.4, 0.5) is 0 Å². The Morgan fingerprint density at radius 2 is 2.29 bits per heavy atom. The molecule has 3 heteroatoms. The topological polar surface area (TPSA) is 23.5 Å². The zero-order valence-electron chi connectivity index (χ0n) is 10.5. The van der Waals surface area contributed by atoms with Crippen molar-refractivity contribution in [1.29, 1.82) is 0 Å². The van der Waals surface area contributed by atoms with Gasteiger partial charge in [-0.1, -0.05) is 28.1 Å². The zero-order valence-corrected chi connectivity index (χ0v) is 12.1. The first-order chi connectivity index (χ1) is 8.06. The lowest BCUT2D eigenvalue weighted by atomic mass is 10.0. The predicted octanol–water partition coefficient (Wildman–Crippen LogP) is 2.96. The second kappa shape index (κ2) is 5.51. The highest BCUT2D eigenvalue weighted by atomic mass is 79.9. The maximum absolute atomic E-state index is 9.59. The van der Waals surface area contributed by atoms with E-state index in [9.17, 15) is 5.11 Å². The normalized spacial score (nSPS) is 22.9. The maximum Gasteiger partial charge on any atom is 0.0552 e. The van der Waals surface area contributed by atoms with Gasteiger partial charge in [-0.05, 0) is 49.9 Å². The minimum Gasteiger partial charge on any atom is -0.393 e. The lowest BCUT2D eigenvalue weighted by molar-refractivity contribution is 0.127. The third-order valence-electron chi connectivity index (χ3n) is 3.59. The van der Waals surface area contributed by atoms with E-state index in [1.165, 1.54) is 15.6 Å². The lowest BCUT2D eigenvalue weighted by Gasteiger charge is -2.18. The molecule has 1 aliphatic heterocycles. The second-order valence-corrected chi connectivity index (χ2v) is 5.97. The number of rotatable bonds is 3. The number of aliphatic hydroxyl groups is 1. The molecule has 1 fully saturated rings. The lowest BCUT2D eigenvalue weighted by Crippen LogP contribution is -2.24. The van der Waals surface area contributed by atoms with Crippen LogP contribution >= 0.6 is 15.9 Å². The fourth-order valence-corrected chi connectivity index (χ4v) is 3.04. The molecule has 2 rings (SSSR count). The van der Waals surface area contributed by atoms with Gasteiger partial charge in [0.05, 0.1) is 6.10 Å². The van der Waals surface area contributed by atoms with Crippen LogP contribution in [-0.4, -0.2) is 29.2 Å². The van der Waals surface area contributed by atoms with E-state index in [4.69, 9.17) is 0 Å². The number of aryl methyl sites for hydroxylation is 1. The van der Waals surface area contributed by atoms with E-state index in [1.807, 2.05) is 6.92 Å². The van der Waals surface area contributed by atoms with E-state index in [1.54, 1.807) is 0 Å². The Hall–Kier alpha value is -0.380. The van der Waals surface area contributed by atoms with Crippen LogP contribution < -0.4 is 0 Å². The third kappa shape index (κ3) is 3.30. The summed E-state index contributed by atoms with van der Waals surface area (Å²) in [5, 5.41) is 9.59. The molecule has 1 heterocycles. The molecule has 2 nitrogen and oxygen atoms in total. The van der Waals surface area contributed by atoms with Gasteiger partial charge in [-0.15, -0.1) is 0 Å². The van der Waals surface area contributed by atoms with E-state index in [0.717, 1.165) is 26.1 Å². The van der Waals surface area contributed by atoms with Crippen LogP contribution in [0.3, 0.4) is 0 Å². The molecule has 0 aliphatic carbocycles. The minimum atomic E-state index is -0.179. The Labute approximate surface area is 112 Å². The first kappa shape index (κ1) is 13.1. The Balaban J connectivity index is 1.98. The van der Waals surface area contributed by atoms with Crippen molar-refractivity contribution in [3.05, 3.63) is 33.8 Å². The summed E-state index contributed by atoms with van der Waals surface area (Å²) in [6.45, 7) is 7.09. The molecular formula is C14H20BrNO. The highest BCUT2D eigenvalue weighted by molar-refractivity contribution is 9.10. The SMILES string of the molecule is Cc1ccc(CN2CCC(C(C)O)C2)c(Br)c1. The Kier molecular flexibility index (Phi) is 4.23. The molecule has 1 aromatic rings. The molecule has 0 saturated carbocycles. The molecule has 1 aliphatic rings. The van der Waals surface area contributed by atoms with Crippen molar-refractivity contribution in [2.45, 2.75) is 32.9 Å². The van der Waals surface area contributed by atoms with Gasteiger partial charge in [0, 0.05) is 17.6 Å². The molecule has 0 amide bonds. The van der Waals surface area contributed by atoms with Gasteiger partial charge in [-0.2, -0.15) is 0 Å². The summed E-state index contributed by atoms with van der Waals surface area (Å²) in [5.41, 5.74) is 2.62. The molecule has 1 aromatic carbocycles. The van der Waals surface area contributed by atoms with Crippen LogP contribution in [0, 0.1) is 12.8 Å². The minimum absolute atomic E-state index is 0.179. The molecule has 0 aromatic heterocycles. The first-order valence-electron chi connectivity index (χ1n) is 6.21. The number of hydrogen-bond acceptors (Lipinski definition) is 2. The Bertz CT molecular complexity index is 392. The highest BCUT2D eigenvalue weighted by Gasteiger charge is 2.25. The van der Waals surface area contributed by atoms with Crippen molar-refractivity contribution >= 4 is 15.9 Å². The molecule has 17 heavy (non-hydrogen) atoms. The van der Waals surface area contributed by atoms with Crippen molar-refractivity contribution in [1.82, 2.24) is 4.90 Å². The maximum atomic E-state index is 9.59. The largest absolute Gasteiger partial charge is 0.393 e. The van der Waals surface area contributed by atoms with Gasteiger partial charge >= 0.3 is 0 Å². The average Bonchev–Trinajstić information content (AvgIpc) is 2.71. The van der Waals surface area contributed by atoms with Crippen molar-refractivity contribution in [3.8, 4) is 0 Å². The van der Waals surface area contributed by atoms with E-state index in [0.29, 0.717) is 5.92 Å². The Morgan fingerprint density at radius 3 is 2.88 bits per heavy atom. The van der Waals surface area contributed by atoms with Crippen molar-refractivity contribution in [3.63, 3.8) is 0 Å². The summed E-state index contributed by atoms with van der Waals surface area (Å²) in [6, 6.07) is 6.51. The summed E-state index contributed by atoms with van der Waals surface area (Å²) < 4.78 is 1.19. The van der Waals surface area contributed by atoms with Crippen LogP contribution in [-0.2, 0) is 6.54 Å². The Morgan fingerprint density at radius 1 is 1.53 bits per heavy atom. The monoisotopic (exact) mass is 297 g/mol. The molecule has 94 valence electrons. The van der Waals surface area contributed by atoms with Gasteiger partial charge in [-0.25, -0.2) is 0 Å². The first-order valence-corrected chi connectivity index (χ1v) is 7.01. The fourth-order valence-electron chi connectivity index (χ4n) is 2.42. The van der Waals surface area contributed by atoms with Gasteiger partial charge in [0.1, 0.15) is 0 Å². The summed E-state index contributed by atoms with van der Waals surface area (Å²) in [4.78, 5) is 2.42. The molecule has 0 bridgehead atoms. The number of halogens is 1. The van der Waals surface area contributed by atoms with Crippen LogP contribution in [0.1, 0.15) is 24.5 Å². The van der Waals surface area contributed by atoms with E-state index < -0.39 is 0 Å². The van der Waals surface area contributed by atoms with E-state index >= 15 is 0 Å². The quantitative estimate of drug-likeness (QED) is 0.927. The molecule has 1 saturated heterocycles. The summed E-state index contributed by atoms with van der Waals surface area (Å²) in [6.07, 6.45) is 0.933. The molecule has 2 atom stereocenters. The van der Waals surface area contributed by atoms with Crippen LogP contribution in [0.5, 0.6) is 0 Å². The summed E-state index contributed by atoms with van der Waals surface area (Å²) in [7, 11) is 0. The van der Waals surface area contributed by atoms with Crippen molar-refractivity contribution in [2.24, 2.45) is 5.92 Å². The zero-order chi connectivity index (χ0) is 12.4. The summed E-state index contributed by atoms with van der Waals surface area (Å²) in [5.74, 6) is 0.444. The van der Waals surface area contributed by atoms with Crippen molar-refractivity contribution in [2.75, 3.05) is 13.1 Å². The molecular weight excluding hydrogens is 278 g/mol. The van der Waals surface area contributed by atoms with Gasteiger partial charge in [0.2, 0.25) is 0 Å². The fraction of sp³-hybridized carbons (Fsp3) is 0.571. The van der Waals surface area contributed by atoms with Gasteiger partial charge < -0.3 is 5.11 Å². The number of nitrogens with zero attached hydrogens (tertiary/aromatic N) is 1. The van der Waals surface area contributed by atoms with Crippen LogP contribution in [0.2, 0.25) is 0 Å². The highest BCUT2D eigenvalue weighted by Crippen LogP contribution is 2.25. The van der Waals surface area contributed by atoms with Gasteiger partial charge in [0.25, 0.3) is 0 Å². The third-order valence-corrected chi connectivity index (χ3v) is 4.33. The van der Waals surface area contributed by atoms with Gasteiger partial charge in [-0.3, -0.25) is 4.90 Å². The second-order valence-electron chi connectivity index (χ2n) is 5.12. The number of benzene rings is 1. The number of aliphatic hydroxyl groups excluding tert-OH is 1. The van der Waals surface area contributed by atoms with Gasteiger partial charge in [0.15, 0.2) is 0 Å². The standard InChI is InChI=1S/C14H20BrNO/c1-10-3-4-13(14(15)7-10)9-16-6-5-12(8-16)11(2)17/h3-4,7,11-12,17H,5-6,8-9H2,1-2H3. The van der Waals surface area contributed by atoms with Crippen LogP contribution in [0.15, 0.2) is 22.7 Å². The number of likely N-dealkylation sites (tertiary alicyclic amines) is 1. The molecule has 1 N–H and O–H groups in total. The predicted molar refractivity (Wildman–Crippen MR) is 73.9 cm³/mol. The van der Waals surface area contributed by atoms with Crippen molar-refractivity contribution < 1.29 is 5.11 Å². The number of hydrogen-bond donors (Lipinski definition) is 1. The molecule has 0 radical (unpaired) electrons. The van der Waals surface area contributed by atoms with E-state index in [-0.39, 0.29) is 6.10 Å². The average molecular weight is 298 g/mol. The smallest absolute Gasteiger partial charge is 0.0552 e. The van der Waals surface area contributed by atoms with Crippen LogP contribution in [0.25, 0.3) is 0 Å². The molecule has 0 spiro atoms. The molecule has 2 unspecified atom stereocenters. The summed E-state index contributed by atoms with van der Waals surface area (Å²) >= 11 is 3.62.